The van der Waals surface area contributed by atoms with Crippen molar-refractivity contribution in [1.82, 2.24) is 47.5 Å². The molecule has 27 heteroatoms. The van der Waals surface area contributed by atoms with Gasteiger partial charge in [-0.15, -0.1) is 0 Å². The molecule has 0 aliphatic carbocycles. The number of nitrogens with zero attached hydrogens (tertiary/aromatic N) is 1. The highest BCUT2D eigenvalue weighted by Gasteiger charge is 2.37. The standard InChI is InChI=1S/C60H88N14O13/c1-34(2)26-40-30-50(78)47(27-36-10-6-4-7-11-36)72-57(84)43(16-22-63)70-58(85)45(19-25-67-60(87)52(35(3)76)74-59(86)44(17-23-64)71-56(83)42(15-21-62)68-54(40)81)69-55(82)41(32-65)31-51(79)48(33-75)73-53(80)39(14-20-61)29-49(77)38-18-24-66-46(28-38)37-12-8-5-9-13-37/h4-13,18,24,28,34-35,39-45,47-48,52,75-76H,14-17,19-23,25-27,29-33,61-65H2,1-3H3,(H,67,87)(H,68,81)(H,69,82)(H,70,85)(H,71,83)(H,72,84)(H,73,80)(H,74,86)/t35-,39-,40-,41-,42+,43+,44+,45+,47-,48+,52+/m1/s1. The van der Waals surface area contributed by atoms with Crippen molar-refractivity contribution in [3.63, 3.8) is 0 Å². The average molecular weight is 1210 g/mol. The number of pyridine rings is 1. The van der Waals surface area contributed by atoms with Gasteiger partial charge in [-0.3, -0.25) is 57.7 Å². The van der Waals surface area contributed by atoms with E-state index < -0.39 is 170 Å². The fraction of sp³-hybridized carbons (Fsp3) is 0.533. The largest absolute Gasteiger partial charge is 0.394 e. The van der Waals surface area contributed by atoms with E-state index >= 15 is 0 Å². The van der Waals surface area contributed by atoms with Crippen LogP contribution in [0.25, 0.3) is 11.3 Å². The molecule has 27 nitrogen and oxygen atoms in total. The summed E-state index contributed by atoms with van der Waals surface area (Å²) in [5, 5.41) is 41.7. The molecular formula is C60H88N14O13. The molecule has 3 aromatic rings. The molecule has 20 N–H and O–H groups in total. The molecule has 1 aliphatic rings. The van der Waals surface area contributed by atoms with Gasteiger partial charge in [0.1, 0.15) is 36.3 Å². The molecule has 2 heterocycles. The highest BCUT2D eigenvalue weighted by Crippen LogP contribution is 2.22. The summed E-state index contributed by atoms with van der Waals surface area (Å²) in [5.41, 5.74) is 31.8. The maximum atomic E-state index is 14.5. The number of ketones is 3. The molecule has 1 aliphatic heterocycles. The van der Waals surface area contributed by atoms with E-state index in [9.17, 15) is 63.0 Å². The van der Waals surface area contributed by atoms with E-state index in [4.69, 9.17) is 28.7 Å². The Morgan fingerprint density at radius 1 is 0.655 bits per heavy atom. The third-order valence-electron chi connectivity index (χ3n) is 14.7. The van der Waals surface area contributed by atoms with E-state index in [1.54, 1.807) is 36.4 Å². The number of nitrogens with one attached hydrogen (secondary N) is 8. The molecule has 0 radical (unpaired) electrons. The van der Waals surface area contributed by atoms with Gasteiger partial charge in [-0.05, 0) is 102 Å². The molecule has 476 valence electrons. The van der Waals surface area contributed by atoms with Crippen LogP contribution in [0.1, 0.15) is 94.5 Å². The van der Waals surface area contributed by atoms with Gasteiger partial charge >= 0.3 is 0 Å². The molecule has 1 saturated heterocycles. The van der Waals surface area contributed by atoms with E-state index in [0.717, 1.165) is 5.56 Å². The zero-order valence-corrected chi connectivity index (χ0v) is 49.7. The number of amides is 8. The zero-order valence-electron chi connectivity index (χ0n) is 49.7. The predicted octanol–water partition coefficient (Wildman–Crippen LogP) is -2.98. The predicted molar refractivity (Wildman–Crippen MR) is 322 cm³/mol. The number of aliphatic hydroxyl groups is 2. The van der Waals surface area contributed by atoms with Crippen LogP contribution in [0.5, 0.6) is 0 Å². The van der Waals surface area contributed by atoms with Crippen LogP contribution in [0.15, 0.2) is 79.0 Å². The van der Waals surface area contributed by atoms with Gasteiger partial charge in [-0.1, -0.05) is 74.5 Å². The van der Waals surface area contributed by atoms with E-state index in [-0.39, 0.29) is 82.6 Å². The first-order valence-corrected chi connectivity index (χ1v) is 29.4. The summed E-state index contributed by atoms with van der Waals surface area (Å²) >= 11 is 0. The van der Waals surface area contributed by atoms with Crippen molar-refractivity contribution < 1.29 is 63.0 Å². The molecule has 0 bridgehead atoms. The van der Waals surface area contributed by atoms with Gasteiger partial charge in [0.15, 0.2) is 17.3 Å². The van der Waals surface area contributed by atoms with Gasteiger partial charge in [-0.25, -0.2) is 0 Å². The number of hydrogen-bond donors (Lipinski definition) is 15. The summed E-state index contributed by atoms with van der Waals surface area (Å²) in [4.78, 5) is 159. The van der Waals surface area contributed by atoms with Gasteiger partial charge in [0.2, 0.25) is 47.3 Å². The number of carbonyl (C=O) groups is 11. The molecule has 1 aromatic heterocycles. The smallest absolute Gasteiger partial charge is 0.245 e. The maximum absolute atomic E-state index is 14.5. The molecule has 2 aromatic carbocycles. The first-order chi connectivity index (χ1) is 41.6. The van der Waals surface area contributed by atoms with Crippen molar-refractivity contribution in [3.05, 3.63) is 90.1 Å². The molecular weight excluding hydrogens is 1120 g/mol. The van der Waals surface area contributed by atoms with Crippen molar-refractivity contribution in [1.29, 1.82) is 0 Å². The number of rotatable bonds is 26. The Hall–Kier alpha value is -7.92. The summed E-state index contributed by atoms with van der Waals surface area (Å²) in [5.74, 6) is -12.6. The third-order valence-corrected chi connectivity index (χ3v) is 14.7. The molecule has 0 unspecified atom stereocenters. The number of aromatic nitrogens is 1. The highest BCUT2D eigenvalue weighted by atomic mass is 16.3. The van der Waals surface area contributed by atoms with Gasteiger partial charge in [0.25, 0.3) is 0 Å². The second kappa shape index (κ2) is 36.9. The number of Topliss-reactive ketones (excluding diaryl/α,β-unsaturated/α-hetero) is 3. The summed E-state index contributed by atoms with van der Waals surface area (Å²) in [7, 11) is 0. The van der Waals surface area contributed by atoms with Crippen molar-refractivity contribution >= 4 is 64.6 Å². The van der Waals surface area contributed by atoms with Crippen LogP contribution in [-0.4, -0.2) is 174 Å². The highest BCUT2D eigenvalue weighted by molar-refractivity contribution is 6.01. The monoisotopic (exact) mass is 1210 g/mol. The maximum Gasteiger partial charge on any atom is 0.245 e. The van der Waals surface area contributed by atoms with Crippen molar-refractivity contribution in [2.75, 3.05) is 45.9 Å². The molecule has 1 fully saturated rings. The number of carbonyl (C=O) groups excluding carboxylic acids is 11. The van der Waals surface area contributed by atoms with Crippen molar-refractivity contribution in [2.45, 2.75) is 133 Å². The molecule has 8 amide bonds. The Morgan fingerprint density at radius 2 is 1.22 bits per heavy atom. The van der Waals surface area contributed by atoms with Crippen LogP contribution < -0.4 is 71.2 Å². The fourth-order valence-electron chi connectivity index (χ4n) is 9.84. The molecule has 0 saturated carbocycles. The summed E-state index contributed by atoms with van der Waals surface area (Å²) in [6.45, 7) is 2.54. The second-order valence-corrected chi connectivity index (χ2v) is 22.1. The van der Waals surface area contributed by atoms with Crippen LogP contribution in [0.3, 0.4) is 0 Å². The Balaban J connectivity index is 1.66. The molecule has 4 rings (SSSR count). The number of hydrogen-bond acceptors (Lipinski definition) is 19. The summed E-state index contributed by atoms with van der Waals surface area (Å²) in [6.07, 6.45) is -2.32. The Morgan fingerprint density at radius 3 is 1.77 bits per heavy atom. The zero-order chi connectivity index (χ0) is 64.2. The lowest BCUT2D eigenvalue weighted by Gasteiger charge is -2.27. The normalized spacial score (nSPS) is 22.0. The lowest BCUT2D eigenvalue weighted by Crippen LogP contribution is -2.60. The SMILES string of the molecule is CC(C)C[C@@H]1CC(=O)[C@@H](Cc2ccccc2)NC(=O)[C@H](CCN)NC(=O)[C@@H](NC(=O)[C@@H](CN)CC(=O)[C@H](CO)NC(=O)[C@H](CCN)CC(=O)c2ccnc(-c3ccccc3)c2)CCNC(=O)[C@H]([C@@H](C)O)NC(=O)[C@H](CCN)NC(=O)[C@H](CCN)NC1=O. The minimum atomic E-state index is -1.68. The topological polar surface area (TPSA) is 467 Å². The minimum Gasteiger partial charge on any atom is -0.394 e. The van der Waals surface area contributed by atoms with Crippen LogP contribution in [0, 0.1) is 23.7 Å². The van der Waals surface area contributed by atoms with E-state index in [2.05, 4.69) is 47.5 Å². The molecule has 87 heavy (non-hydrogen) atoms. The Labute approximate surface area is 506 Å². The van der Waals surface area contributed by atoms with Gasteiger partial charge in [0.05, 0.1) is 30.4 Å². The van der Waals surface area contributed by atoms with Crippen molar-refractivity contribution in [3.8, 4) is 11.3 Å². The van der Waals surface area contributed by atoms with Crippen LogP contribution >= 0.6 is 0 Å². The van der Waals surface area contributed by atoms with Gasteiger partial charge in [-0.2, -0.15) is 0 Å². The van der Waals surface area contributed by atoms with E-state index in [0.29, 0.717) is 11.3 Å². The Bertz CT molecular complexity index is 2790. The first kappa shape index (κ1) is 71.6. The van der Waals surface area contributed by atoms with Gasteiger partial charge < -0.3 is 81.4 Å². The second-order valence-electron chi connectivity index (χ2n) is 22.1. The number of nitrogens with two attached hydrogens (primary N) is 5. The Kier molecular flexibility index (Phi) is 30.4. The molecule has 11 atom stereocenters. The summed E-state index contributed by atoms with van der Waals surface area (Å²) < 4.78 is 0. The van der Waals surface area contributed by atoms with Gasteiger partial charge in [0, 0.05) is 61.5 Å². The third kappa shape index (κ3) is 23.0. The number of benzene rings is 2. The van der Waals surface area contributed by atoms with E-state index in [1.165, 1.54) is 19.2 Å². The van der Waals surface area contributed by atoms with Crippen LogP contribution in [-0.2, 0) is 54.4 Å². The quantitative estimate of drug-likeness (QED) is 0.0357. The van der Waals surface area contributed by atoms with E-state index in [1.807, 2.05) is 44.2 Å². The lowest BCUT2D eigenvalue weighted by atomic mass is 9.88. The van der Waals surface area contributed by atoms with Crippen LogP contribution in [0.2, 0.25) is 0 Å². The molecule has 0 spiro atoms. The van der Waals surface area contributed by atoms with Crippen molar-refractivity contribution in [2.24, 2.45) is 52.3 Å². The van der Waals surface area contributed by atoms with Crippen LogP contribution in [0.4, 0.5) is 0 Å². The number of aliphatic hydroxyl groups excluding tert-OH is 2. The fourth-order valence-corrected chi connectivity index (χ4v) is 9.84. The first-order valence-electron chi connectivity index (χ1n) is 29.4. The lowest BCUT2D eigenvalue weighted by molar-refractivity contribution is -0.136. The minimum absolute atomic E-state index is 0.0142. The average Bonchev–Trinajstić information content (AvgIpc) is 3.51. The summed E-state index contributed by atoms with van der Waals surface area (Å²) in [6, 6.07) is 10.5.